The number of nitrogens with one attached hydrogen (secondary N) is 2. The third-order valence-corrected chi connectivity index (χ3v) is 4.55. The first-order valence-corrected chi connectivity index (χ1v) is 8.90. The zero-order chi connectivity index (χ0) is 17.8. The molecule has 2 N–H and O–H groups in total. The number of ether oxygens (including phenoxy) is 1. The summed E-state index contributed by atoms with van der Waals surface area (Å²) in [6, 6.07) is 17.8. The summed E-state index contributed by atoms with van der Waals surface area (Å²) in [5, 5.41) is 3.13. The Hall–Kier alpha value is -3.08. The van der Waals surface area contributed by atoms with Crippen LogP contribution in [0.4, 0.5) is 0 Å². The molecule has 4 rings (SSSR count). The molecular weight excluding hydrogens is 326 g/mol. The minimum absolute atomic E-state index is 0.0916. The summed E-state index contributed by atoms with van der Waals surface area (Å²) < 4.78 is 5.31. The van der Waals surface area contributed by atoms with Gasteiger partial charge in [0.1, 0.15) is 5.82 Å². The van der Waals surface area contributed by atoms with E-state index in [1.54, 1.807) is 6.26 Å². The Morgan fingerprint density at radius 2 is 1.96 bits per heavy atom. The summed E-state index contributed by atoms with van der Waals surface area (Å²) in [4.78, 5) is 20.7. The van der Waals surface area contributed by atoms with Crippen LogP contribution in [0.25, 0.3) is 11.0 Å². The second kappa shape index (κ2) is 7.44. The summed E-state index contributed by atoms with van der Waals surface area (Å²) in [7, 11) is 0. The van der Waals surface area contributed by atoms with E-state index < -0.39 is 0 Å². The second-order valence-corrected chi connectivity index (χ2v) is 6.47. The lowest BCUT2D eigenvalue weighted by Crippen LogP contribution is -2.32. The lowest BCUT2D eigenvalue weighted by molar-refractivity contribution is -0.118. The van der Waals surface area contributed by atoms with Crippen molar-refractivity contribution >= 4 is 16.9 Å². The topological polar surface area (TPSA) is 67.0 Å². The first-order valence-electron chi connectivity index (χ1n) is 8.90. The predicted molar refractivity (Wildman–Crippen MR) is 100 cm³/mol. The quantitative estimate of drug-likeness (QED) is 0.740. The Morgan fingerprint density at radius 3 is 2.73 bits per heavy atom. The molecule has 0 saturated carbocycles. The van der Waals surface area contributed by atoms with Crippen molar-refractivity contribution in [1.82, 2.24) is 15.3 Å². The zero-order valence-electron chi connectivity index (χ0n) is 14.4. The SMILES string of the molecule is O=C(N[C@@H](Cc1ccccc1)c1nc2ccccc2[nH]1)C1=COCCC1. The van der Waals surface area contributed by atoms with Gasteiger partial charge in [-0.1, -0.05) is 42.5 Å². The molecule has 26 heavy (non-hydrogen) atoms. The molecule has 1 aliphatic rings. The van der Waals surface area contributed by atoms with Gasteiger partial charge in [0.05, 0.1) is 35.5 Å². The molecule has 1 amide bonds. The Kier molecular flexibility index (Phi) is 4.69. The van der Waals surface area contributed by atoms with E-state index >= 15 is 0 Å². The standard InChI is InChI=1S/C21H21N3O2/c25-21(16-9-6-12-26-14-16)24-19(13-15-7-2-1-3-8-15)20-22-17-10-4-5-11-18(17)23-20/h1-5,7-8,10-11,14,19H,6,9,12-13H2,(H,22,23)(H,24,25)/t19-/m0/s1. The molecule has 2 heterocycles. The van der Waals surface area contributed by atoms with Gasteiger partial charge in [-0.05, 0) is 37.0 Å². The molecule has 1 aliphatic heterocycles. The van der Waals surface area contributed by atoms with Crippen LogP contribution in [0.3, 0.4) is 0 Å². The summed E-state index contributed by atoms with van der Waals surface area (Å²) in [5.74, 6) is 0.673. The second-order valence-electron chi connectivity index (χ2n) is 6.47. The molecule has 0 fully saturated rings. The average molecular weight is 347 g/mol. The highest BCUT2D eigenvalue weighted by Gasteiger charge is 2.22. The molecule has 0 radical (unpaired) electrons. The molecular formula is C21H21N3O2. The van der Waals surface area contributed by atoms with Gasteiger partial charge in [0.25, 0.3) is 5.91 Å². The van der Waals surface area contributed by atoms with Crippen molar-refractivity contribution in [3.63, 3.8) is 0 Å². The highest BCUT2D eigenvalue weighted by molar-refractivity contribution is 5.93. The van der Waals surface area contributed by atoms with Crippen LogP contribution in [0.15, 0.2) is 66.4 Å². The van der Waals surface area contributed by atoms with E-state index in [1.165, 1.54) is 0 Å². The van der Waals surface area contributed by atoms with E-state index in [2.05, 4.69) is 27.4 Å². The van der Waals surface area contributed by atoms with Crippen LogP contribution < -0.4 is 5.32 Å². The zero-order valence-corrected chi connectivity index (χ0v) is 14.4. The normalized spacial score (nSPS) is 15.2. The van der Waals surface area contributed by atoms with Crippen LogP contribution in [0, 0.1) is 0 Å². The van der Waals surface area contributed by atoms with Crippen LogP contribution in [0.2, 0.25) is 0 Å². The van der Waals surface area contributed by atoms with Crippen LogP contribution in [-0.2, 0) is 16.0 Å². The van der Waals surface area contributed by atoms with Gasteiger partial charge < -0.3 is 15.0 Å². The van der Waals surface area contributed by atoms with Gasteiger partial charge in [0, 0.05) is 0 Å². The van der Waals surface area contributed by atoms with Gasteiger partial charge in [-0.2, -0.15) is 0 Å². The number of para-hydroxylation sites is 2. The van der Waals surface area contributed by atoms with Crippen molar-refractivity contribution in [3.8, 4) is 0 Å². The number of imidazole rings is 1. The third kappa shape index (κ3) is 3.61. The van der Waals surface area contributed by atoms with Crippen molar-refractivity contribution in [1.29, 1.82) is 0 Å². The number of nitrogens with zero attached hydrogens (tertiary/aromatic N) is 1. The maximum absolute atomic E-state index is 12.7. The molecule has 1 atom stereocenters. The van der Waals surface area contributed by atoms with Crippen molar-refractivity contribution in [2.24, 2.45) is 0 Å². The fraction of sp³-hybridized carbons (Fsp3) is 0.238. The summed E-state index contributed by atoms with van der Waals surface area (Å²) >= 11 is 0. The van der Waals surface area contributed by atoms with Crippen LogP contribution in [-0.4, -0.2) is 22.5 Å². The van der Waals surface area contributed by atoms with Gasteiger partial charge in [-0.25, -0.2) is 4.98 Å². The van der Waals surface area contributed by atoms with E-state index in [9.17, 15) is 4.79 Å². The molecule has 1 aromatic heterocycles. The summed E-state index contributed by atoms with van der Waals surface area (Å²) in [5.41, 5.74) is 3.70. The Labute approximate surface area is 152 Å². The lowest BCUT2D eigenvalue weighted by Gasteiger charge is -2.19. The molecule has 0 bridgehead atoms. The van der Waals surface area contributed by atoms with Crippen LogP contribution >= 0.6 is 0 Å². The fourth-order valence-electron chi connectivity index (χ4n) is 3.19. The van der Waals surface area contributed by atoms with E-state index in [-0.39, 0.29) is 11.9 Å². The molecule has 0 spiro atoms. The summed E-state index contributed by atoms with van der Waals surface area (Å²) in [6.07, 6.45) is 3.86. The predicted octanol–water partition coefficient (Wildman–Crippen LogP) is 3.66. The molecule has 132 valence electrons. The number of rotatable bonds is 5. The van der Waals surface area contributed by atoms with Crippen LogP contribution in [0.5, 0.6) is 0 Å². The number of hydrogen-bond donors (Lipinski definition) is 2. The largest absolute Gasteiger partial charge is 0.501 e. The minimum Gasteiger partial charge on any atom is -0.501 e. The number of fused-ring (bicyclic) bond motifs is 1. The maximum atomic E-state index is 12.7. The van der Waals surface area contributed by atoms with Crippen molar-refractivity contribution in [2.75, 3.05) is 6.61 Å². The van der Waals surface area contributed by atoms with E-state index in [0.29, 0.717) is 18.6 Å². The number of aromatic nitrogens is 2. The van der Waals surface area contributed by atoms with E-state index in [4.69, 9.17) is 4.74 Å². The number of amides is 1. The molecule has 0 unspecified atom stereocenters. The number of H-pyrrole nitrogens is 1. The van der Waals surface area contributed by atoms with Crippen molar-refractivity contribution in [3.05, 3.63) is 77.8 Å². The van der Waals surface area contributed by atoms with Gasteiger partial charge >= 0.3 is 0 Å². The summed E-state index contributed by atoms with van der Waals surface area (Å²) in [6.45, 7) is 0.674. The number of carbonyl (C=O) groups excluding carboxylic acids is 1. The number of carbonyl (C=O) groups is 1. The van der Waals surface area contributed by atoms with Crippen LogP contribution in [0.1, 0.15) is 30.3 Å². The van der Waals surface area contributed by atoms with Gasteiger partial charge in [0.15, 0.2) is 0 Å². The third-order valence-electron chi connectivity index (χ3n) is 4.55. The Bertz CT molecular complexity index is 898. The van der Waals surface area contributed by atoms with Gasteiger partial charge in [-0.15, -0.1) is 0 Å². The fourth-order valence-corrected chi connectivity index (χ4v) is 3.19. The maximum Gasteiger partial charge on any atom is 0.250 e. The molecule has 5 heteroatoms. The first kappa shape index (κ1) is 16.4. The van der Waals surface area contributed by atoms with Crippen molar-refractivity contribution < 1.29 is 9.53 Å². The number of hydrogen-bond acceptors (Lipinski definition) is 3. The number of benzene rings is 2. The Balaban J connectivity index is 1.62. The molecule has 3 aromatic rings. The van der Waals surface area contributed by atoms with E-state index in [1.807, 2.05) is 42.5 Å². The van der Waals surface area contributed by atoms with E-state index in [0.717, 1.165) is 35.3 Å². The first-order chi connectivity index (χ1) is 12.8. The van der Waals surface area contributed by atoms with Gasteiger partial charge in [-0.3, -0.25) is 4.79 Å². The molecule has 0 aliphatic carbocycles. The highest BCUT2D eigenvalue weighted by atomic mass is 16.5. The molecule has 5 nitrogen and oxygen atoms in total. The Morgan fingerprint density at radius 1 is 1.15 bits per heavy atom. The van der Waals surface area contributed by atoms with Gasteiger partial charge in [0.2, 0.25) is 0 Å². The minimum atomic E-state index is -0.236. The molecule has 0 saturated heterocycles. The smallest absolute Gasteiger partial charge is 0.250 e. The highest BCUT2D eigenvalue weighted by Crippen LogP contribution is 2.21. The lowest BCUT2D eigenvalue weighted by atomic mass is 10.0. The monoisotopic (exact) mass is 347 g/mol. The number of aromatic amines is 1. The average Bonchev–Trinajstić information content (AvgIpc) is 3.13. The van der Waals surface area contributed by atoms with Crippen molar-refractivity contribution in [2.45, 2.75) is 25.3 Å². The molecule has 2 aromatic carbocycles.